The van der Waals surface area contributed by atoms with Gasteiger partial charge in [-0.05, 0) is 12.8 Å². The Morgan fingerprint density at radius 1 is 1.41 bits per heavy atom. The van der Waals surface area contributed by atoms with Gasteiger partial charge in [-0.15, -0.1) is 5.10 Å². The van der Waals surface area contributed by atoms with Crippen LogP contribution in [0.2, 0.25) is 0 Å². The third kappa shape index (κ3) is 2.01. The van der Waals surface area contributed by atoms with Crippen molar-refractivity contribution < 1.29 is 18.7 Å². The summed E-state index contributed by atoms with van der Waals surface area (Å²) in [4.78, 5) is 11.4. The zero-order valence-corrected chi connectivity index (χ0v) is 9.36. The number of aromatic nitrogens is 3. The van der Waals surface area contributed by atoms with Crippen LogP contribution >= 0.6 is 0 Å². The van der Waals surface area contributed by atoms with Gasteiger partial charge in [0.2, 0.25) is 5.92 Å². The van der Waals surface area contributed by atoms with Crippen LogP contribution in [0.5, 0.6) is 0 Å². The van der Waals surface area contributed by atoms with E-state index in [1.807, 2.05) is 0 Å². The fourth-order valence-corrected chi connectivity index (χ4v) is 2.19. The number of hydrogen-bond acceptors (Lipinski definition) is 3. The van der Waals surface area contributed by atoms with Crippen LogP contribution in [0.4, 0.5) is 8.78 Å². The molecule has 7 heteroatoms. The lowest BCUT2D eigenvalue weighted by atomic mass is 9.71. The van der Waals surface area contributed by atoms with Crippen molar-refractivity contribution in [1.82, 2.24) is 15.0 Å². The third-order valence-electron chi connectivity index (χ3n) is 3.34. The molecule has 1 N–H and O–H groups in total. The quantitative estimate of drug-likeness (QED) is 0.853. The van der Waals surface area contributed by atoms with Crippen molar-refractivity contribution >= 4 is 5.97 Å². The number of carbonyl (C=O) groups is 1. The summed E-state index contributed by atoms with van der Waals surface area (Å²) in [6.45, 7) is 0. The standard InChI is InChI=1S/C10H13F2N3O2/c1-15-6-7(13-14-15)9(8(16)17)2-4-10(11,12)5-3-9/h6H,2-5H2,1H3,(H,16,17). The molecule has 1 aromatic rings. The monoisotopic (exact) mass is 245 g/mol. The van der Waals surface area contributed by atoms with Crippen LogP contribution in [0.3, 0.4) is 0 Å². The molecule has 0 aromatic carbocycles. The number of rotatable bonds is 2. The minimum absolute atomic E-state index is 0.103. The van der Waals surface area contributed by atoms with Crippen LogP contribution in [0.15, 0.2) is 6.20 Å². The Balaban J connectivity index is 2.33. The molecule has 1 aliphatic carbocycles. The molecule has 1 aliphatic rings. The summed E-state index contributed by atoms with van der Waals surface area (Å²) in [5.74, 6) is -3.87. The van der Waals surface area contributed by atoms with Crippen LogP contribution in [-0.4, -0.2) is 32.0 Å². The molecule has 1 heterocycles. The number of alkyl halides is 2. The van der Waals surface area contributed by atoms with Gasteiger partial charge in [-0.2, -0.15) is 0 Å². The van der Waals surface area contributed by atoms with E-state index >= 15 is 0 Å². The van der Waals surface area contributed by atoms with Gasteiger partial charge in [0.15, 0.2) is 0 Å². The van der Waals surface area contributed by atoms with Crippen molar-refractivity contribution in [2.45, 2.75) is 37.0 Å². The van der Waals surface area contributed by atoms with E-state index in [1.54, 1.807) is 7.05 Å². The molecule has 94 valence electrons. The van der Waals surface area contributed by atoms with Gasteiger partial charge >= 0.3 is 5.97 Å². The second kappa shape index (κ2) is 3.75. The molecule has 2 rings (SSSR count). The Hall–Kier alpha value is -1.53. The predicted molar refractivity (Wildman–Crippen MR) is 53.7 cm³/mol. The van der Waals surface area contributed by atoms with E-state index in [1.165, 1.54) is 10.9 Å². The fourth-order valence-electron chi connectivity index (χ4n) is 2.19. The van der Waals surface area contributed by atoms with E-state index in [0.717, 1.165) is 0 Å². The minimum atomic E-state index is -2.76. The maximum atomic E-state index is 13.1. The summed E-state index contributed by atoms with van der Waals surface area (Å²) in [6.07, 6.45) is 0.436. The highest BCUT2D eigenvalue weighted by atomic mass is 19.3. The largest absolute Gasteiger partial charge is 0.481 e. The molecule has 1 fully saturated rings. The lowest BCUT2D eigenvalue weighted by molar-refractivity contribution is -0.149. The highest BCUT2D eigenvalue weighted by Gasteiger charge is 2.50. The Kier molecular flexibility index (Phi) is 2.63. The summed E-state index contributed by atoms with van der Waals surface area (Å²) < 4.78 is 27.6. The summed E-state index contributed by atoms with van der Waals surface area (Å²) in [5, 5.41) is 16.7. The maximum absolute atomic E-state index is 13.1. The number of carboxylic acids is 1. The van der Waals surface area contributed by atoms with Gasteiger partial charge in [0.1, 0.15) is 5.41 Å². The van der Waals surface area contributed by atoms with Gasteiger partial charge in [0.25, 0.3) is 0 Å². The SMILES string of the molecule is Cn1cc(C2(C(=O)O)CCC(F)(F)CC2)nn1. The van der Waals surface area contributed by atoms with Crippen LogP contribution < -0.4 is 0 Å². The molecule has 17 heavy (non-hydrogen) atoms. The van der Waals surface area contributed by atoms with E-state index < -0.39 is 30.1 Å². The lowest BCUT2D eigenvalue weighted by Gasteiger charge is -2.35. The van der Waals surface area contributed by atoms with Gasteiger partial charge in [-0.25, -0.2) is 8.78 Å². The Bertz CT molecular complexity index is 435. The molecule has 0 saturated heterocycles. The highest BCUT2D eigenvalue weighted by molar-refractivity contribution is 5.80. The topological polar surface area (TPSA) is 68.0 Å². The second-order valence-electron chi connectivity index (χ2n) is 4.52. The third-order valence-corrected chi connectivity index (χ3v) is 3.34. The summed E-state index contributed by atoms with van der Waals surface area (Å²) >= 11 is 0. The van der Waals surface area contributed by atoms with Crippen LogP contribution in [0.25, 0.3) is 0 Å². The summed E-state index contributed by atoms with van der Waals surface area (Å²) in [7, 11) is 1.61. The summed E-state index contributed by atoms with van der Waals surface area (Å²) in [5.41, 5.74) is -1.04. The predicted octanol–water partition coefficient (Wildman–Crippen LogP) is 1.35. The Morgan fingerprint density at radius 3 is 2.41 bits per heavy atom. The van der Waals surface area contributed by atoms with Crippen molar-refractivity contribution in [3.8, 4) is 0 Å². The number of aliphatic carboxylic acids is 1. The second-order valence-corrected chi connectivity index (χ2v) is 4.52. The normalized spacial score (nSPS) is 22.3. The lowest BCUT2D eigenvalue weighted by Crippen LogP contribution is -2.43. The van der Waals surface area contributed by atoms with E-state index in [0.29, 0.717) is 0 Å². The van der Waals surface area contributed by atoms with E-state index in [-0.39, 0.29) is 18.5 Å². The Morgan fingerprint density at radius 2 is 2.00 bits per heavy atom. The van der Waals surface area contributed by atoms with Crippen molar-refractivity contribution in [1.29, 1.82) is 0 Å². The van der Waals surface area contributed by atoms with Gasteiger partial charge in [0, 0.05) is 26.1 Å². The number of aryl methyl sites for hydroxylation is 1. The molecule has 0 aliphatic heterocycles. The average Bonchev–Trinajstić information content (AvgIpc) is 2.65. The van der Waals surface area contributed by atoms with Crippen LogP contribution in [-0.2, 0) is 17.3 Å². The number of carboxylic acid groups (broad SMARTS) is 1. The zero-order chi connectivity index (χ0) is 12.7. The van der Waals surface area contributed by atoms with E-state index in [2.05, 4.69) is 10.3 Å². The molecule has 5 nitrogen and oxygen atoms in total. The van der Waals surface area contributed by atoms with Crippen LogP contribution in [0, 0.1) is 0 Å². The van der Waals surface area contributed by atoms with Crippen LogP contribution in [0.1, 0.15) is 31.4 Å². The molecular weight excluding hydrogens is 232 g/mol. The van der Waals surface area contributed by atoms with Gasteiger partial charge < -0.3 is 5.11 Å². The van der Waals surface area contributed by atoms with Crippen molar-refractivity contribution in [2.24, 2.45) is 7.05 Å². The Labute approximate surface area is 96.4 Å². The molecular formula is C10H13F2N3O2. The molecule has 0 atom stereocenters. The maximum Gasteiger partial charge on any atom is 0.315 e. The van der Waals surface area contributed by atoms with Gasteiger partial charge in [-0.3, -0.25) is 9.48 Å². The number of nitrogens with zero attached hydrogens (tertiary/aromatic N) is 3. The first kappa shape index (κ1) is 11.9. The van der Waals surface area contributed by atoms with Gasteiger partial charge in [-0.1, -0.05) is 5.21 Å². The van der Waals surface area contributed by atoms with Crippen molar-refractivity contribution in [3.63, 3.8) is 0 Å². The van der Waals surface area contributed by atoms with E-state index in [4.69, 9.17) is 0 Å². The fraction of sp³-hybridized carbons (Fsp3) is 0.700. The summed E-state index contributed by atoms with van der Waals surface area (Å²) in [6, 6.07) is 0. The van der Waals surface area contributed by atoms with Crippen molar-refractivity contribution in [3.05, 3.63) is 11.9 Å². The minimum Gasteiger partial charge on any atom is -0.481 e. The molecule has 0 amide bonds. The first-order valence-corrected chi connectivity index (χ1v) is 5.34. The molecule has 1 aromatic heterocycles. The number of hydrogen-bond donors (Lipinski definition) is 1. The zero-order valence-electron chi connectivity index (χ0n) is 9.36. The molecule has 0 spiro atoms. The first-order valence-electron chi connectivity index (χ1n) is 5.34. The molecule has 0 bridgehead atoms. The average molecular weight is 245 g/mol. The molecule has 0 radical (unpaired) electrons. The number of halogens is 2. The van der Waals surface area contributed by atoms with E-state index in [9.17, 15) is 18.7 Å². The van der Waals surface area contributed by atoms with Gasteiger partial charge in [0.05, 0.1) is 5.69 Å². The smallest absolute Gasteiger partial charge is 0.315 e. The first-order chi connectivity index (χ1) is 7.86. The van der Waals surface area contributed by atoms with Crippen molar-refractivity contribution in [2.75, 3.05) is 0 Å². The molecule has 0 unspecified atom stereocenters. The molecule has 1 saturated carbocycles. The highest BCUT2D eigenvalue weighted by Crippen LogP contribution is 2.44.